The standard InChI is InChI=1S/C34H33N7O/c1-24-9-12-29(20-32(24)40-34-36-18-15-31(39-34)27-8-5-17-35-21-27)38-33(42)26-10-13-28(14-11-26)37-30-16-19-41(23-30)22-25-6-3-2-4-7-25/h2-15,17-18,20-21,30,37H,16,19,22-23H2,1H3,(H,38,42)(H,36,39,40). The van der Waals surface area contributed by atoms with Gasteiger partial charge in [0.15, 0.2) is 0 Å². The molecule has 210 valence electrons. The highest BCUT2D eigenvalue weighted by atomic mass is 16.1. The molecule has 2 aromatic heterocycles. The van der Waals surface area contributed by atoms with Gasteiger partial charge in [-0.1, -0.05) is 36.4 Å². The molecule has 8 nitrogen and oxygen atoms in total. The summed E-state index contributed by atoms with van der Waals surface area (Å²) >= 11 is 0. The number of nitrogens with one attached hydrogen (secondary N) is 3. The van der Waals surface area contributed by atoms with Gasteiger partial charge in [0.1, 0.15) is 0 Å². The second-order valence-electron chi connectivity index (χ2n) is 10.5. The summed E-state index contributed by atoms with van der Waals surface area (Å²) in [6.07, 6.45) is 6.31. The molecule has 3 heterocycles. The van der Waals surface area contributed by atoms with Crippen LogP contribution in [0.25, 0.3) is 11.3 Å². The molecule has 0 aliphatic carbocycles. The van der Waals surface area contributed by atoms with Crippen molar-refractivity contribution in [3.63, 3.8) is 0 Å². The Morgan fingerprint density at radius 1 is 0.929 bits per heavy atom. The molecule has 5 aromatic rings. The summed E-state index contributed by atoms with van der Waals surface area (Å²) in [4.78, 5) is 28.7. The highest BCUT2D eigenvalue weighted by Crippen LogP contribution is 2.25. The quantitative estimate of drug-likeness (QED) is 0.190. The molecule has 1 amide bonds. The van der Waals surface area contributed by atoms with E-state index in [9.17, 15) is 4.79 Å². The fraction of sp³-hybridized carbons (Fsp3) is 0.176. The Morgan fingerprint density at radius 2 is 1.76 bits per heavy atom. The number of hydrogen-bond donors (Lipinski definition) is 3. The van der Waals surface area contributed by atoms with E-state index in [4.69, 9.17) is 0 Å². The SMILES string of the molecule is Cc1ccc(NC(=O)c2ccc(NC3CCN(Cc4ccccc4)C3)cc2)cc1Nc1nccc(-c2cccnc2)n1. The Kier molecular flexibility index (Phi) is 8.14. The third kappa shape index (κ3) is 6.79. The molecular weight excluding hydrogens is 522 g/mol. The Labute approximate surface area is 245 Å². The number of nitrogens with zero attached hydrogens (tertiary/aromatic N) is 4. The van der Waals surface area contributed by atoms with Crippen LogP contribution in [0.1, 0.15) is 27.9 Å². The molecule has 1 saturated heterocycles. The van der Waals surface area contributed by atoms with Gasteiger partial charge in [-0.2, -0.15) is 0 Å². The molecule has 6 rings (SSSR count). The van der Waals surface area contributed by atoms with Crippen molar-refractivity contribution in [2.24, 2.45) is 0 Å². The van der Waals surface area contributed by atoms with E-state index < -0.39 is 0 Å². The van der Waals surface area contributed by atoms with Crippen LogP contribution in [0.5, 0.6) is 0 Å². The van der Waals surface area contributed by atoms with Gasteiger partial charge >= 0.3 is 0 Å². The number of pyridine rings is 1. The minimum absolute atomic E-state index is 0.166. The monoisotopic (exact) mass is 555 g/mol. The van der Waals surface area contributed by atoms with E-state index in [2.05, 4.69) is 66.1 Å². The Bertz CT molecular complexity index is 1640. The van der Waals surface area contributed by atoms with Gasteiger partial charge in [0.25, 0.3) is 5.91 Å². The van der Waals surface area contributed by atoms with E-state index >= 15 is 0 Å². The second-order valence-corrected chi connectivity index (χ2v) is 10.5. The maximum Gasteiger partial charge on any atom is 0.255 e. The van der Waals surface area contributed by atoms with Crippen LogP contribution in [0.3, 0.4) is 0 Å². The summed E-state index contributed by atoms with van der Waals surface area (Å²) in [7, 11) is 0. The van der Waals surface area contributed by atoms with Crippen LogP contribution in [-0.4, -0.2) is 44.9 Å². The van der Waals surface area contributed by atoms with Crippen molar-refractivity contribution in [2.75, 3.05) is 29.0 Å². The molecular formula is C34H33N7O. The van der Waals surface area contributed by atoms with Crippen molar-refractivity contribution in [2.45, 2.75) is 25.9 Å². The number of anilines is 4. The minimum Gasteiger partial charge on any atom is -0.381 e. The van der Waals surface area contributed by atoms with Crippen molar-refractivity contribution in [1.82, 2.24) is 19.9 Å². The van der Waals surface area contributed by atoms with Crippen molar-refractivity contribution in [3.05, 3.63) is 126 Å². The average molecular weight is 556 g/mol. The molecule has 3 N–H and O–H groups in total. The number of hydrogen-bond acceptors (Lipinski definition) is 7. The van der Waals surface area contributed by atoms with Crippen LogP contribution < -0.4 is 16.0 Å². The Balaban J connectivity index is 1.05. The van der Waals surface area contributed by atoms with E-state index in [1.54, 1.807) is 18.6 Å². The highest BCUT2D eigenvalue weighted by Gasteiger charge is 2.22. The van der Waals surface area contributed by atoms with Crippen LogP contribution >= 0.6 is 0 Å². The first-order chi connectivity index (χ1) is 20.6. The lowest BCUT2D eigenvalue weighted by Gasteiger charge is -2.17. The van der Waals surface area contributed by atoms with Gasteiger partial charge in [-0.25, -0.2) is 9.97 Å². The Morgan fingerprint density at radius 3 is 2.57 bits per heavy atom. The molecule has 1 fully saturated rings. The van der Waals surface area contributed by atoms with Gasteiger partial charge in [0.05, 0.1) is 5.69 Å². The Hall–Kier alpha value is -5.08. The van der Waals surface area contributed by atoms with E-state index in [-0.39, 0.29) is 5.91 Å². The normalized spacial score (nSPS) is 14.8. The van der Waals surface area contributed by atoms with E-state index in [0.29, 0.717) is 23.2 Å². The number of likely N-dealkylation sites (tertiary alicyclic amines) is 1. The number of carbonyl (C=O) groups excluding carboxylic acids is 1. The molecule has 1 aliphatic heterocycles. The minimum atomic E-state index is -0.166. The molecule has 0 bridgehead atoms. The van der Waals surface area contributed by atoms with Crippen LogP contribution in [0, 0.1) is 6.92 Å². The average Bonchev–Trinajstić information content (AvgIpc) is 3.46. The fourth-order valence-electron chi connectivity index (χ4n) is 5.14. The van der Waals surface area contributed by atoms with Gasteiger partial charge < -0.3 is 16.0 Å². The van der Waals surface area contributed by atoms with Crippen molar-refractivity contribution < 1.29 is 4.79 Å². The molecule has 3 aromatic carbocycles. The van der Waals surface area contributed by atoms with E-state index in [0.717, 1.165) is 54.3 Å². The molecule has 0 saturated carbocycles. The number of amides is 1. The fourth-order valence-corrected chi connectivity index (χ4v) is 5.14. The molecule has 1 aliphatic rings. The van der Waals surface area contributed by atoms with E-state index in [1.807, 2.05) is 67.6 Å². The van der Waals surface area contributed by atoms with Crippen LogP contribution in [0.2, 0.25) is 0 Å². The molecule has 0 radical (unpaired) electrons. The van der Waals surface area contributed by atoms with Gasteiger partial charge in [-0.15, -0.1) is 0 Å². The van der Waals surface area contributed by atoms with Gasteiger partial charge in [-0.05, 0) is 79.1 Å². The maximum atomic E-state index is 13.1. The number of aromatic nitrogens is 3. The molecule has 1 unspecified atom stereocenters. The molecule has 1 atom stereocenters. The number of rotatable bonds is 9. The first kappa shape index (κ1) is 27.1. The number of benzene rings is 3. The summed E-state index contributed by atoms with van der Waals surface area (Å²) in [5.41, 5.74) is 7.15. The summed E-state index contributed by atoms with van der Waals surface area (Å²) in [5, 5.41) is 9.93. The summed E-state index contributed by atoms with van der Waals surface area (Å²) < 4.78 is 0. The zero-order valence-corrected chi connectivity index (χ0v) is 23.5. The molecule has 0 spiro atoms. The van der Waals surface area contributed by atoms with Crippen LogP contribution in [0.15, 0.2) is 110 Å². The van der Waals surface area contributed by atoms with Crippen molar-refractivity contribution >= 4 is 28.9 Å². The molecule has 42 heavy (non-hydrogen) atoms. The zero-order chi connectivity index (χ0) is 28.7. The van der Waals surface area contributed by atoms with Crippen LogP contribution in [0.4, 0.5) is 23.0 Å². The third-order valence-electron chi connectivity index (χ3n) is 7.39. The van der Waals surface area contributed by atoms with Crippen LogP contribution in [-0.2, 0) is 6.54 Å². The first-order valence-corrected chi connectivity index (χ1v) is 14.1. The number of aryl methyl sites for hydroxylation is 1. The van der Waals surface area contributed by atoms with E-state index in [1.165, 1.54) is 5.56 Å². The summed E-state index contributed by atoms with van der Waals surface area (Å²) in [6.45, 7) is 5.04. The second kappa shape index (κ2) is 12.6. The lowest BCUT2D eigenvalue weighted by atomic mass is 10.1. The predicted octanol–water partition coefficient (Wildman–Crippen LogP) is 6.53. The van der Waals surface area contributed by atoms with Gasteiger partial charge in [-0.3, -0.25) is 14.7 Å². The highest BCUT2D eigenvalue weighted by molar-refractivity contribution is 6.04. The lowest BCUT2D eigenvalue weighted by Crippen LogP contribution is -2.26. The number of carbonyl (C=O) groups is 1. The van der Waals surface area contributed by atoms with Gasteiger partial charge in [0.2, 0.25) is 5.95 Å². The lowest BCUT2D eigenvalue weighted by molar-refractivity contribution is 0.102. The first-order valence-electron chi connectivity index (χ1n) is 14.1. The zero-order valence-electron chi connectivity index (χ0n) is 23.5. The predicted molar refractivity (Wildman–Crippen MR) is 168 cm³/mol. The van der Waals surface area contributed by atoms with Gasteiger partial charge in [0, 0.05) is 72.5 Å². The molecule has 8 heteroatoms. The summed E-state index contributed by atoms with van der Waals surface area (Å²) in [6, 6.07) is 30.1. The topological polar surface area (TPSA) is 95.1 Å². The largest absolute Gasteiger partial charge is 0.381 e. The smallest absolute Gasteiger partial charge is 0.255 e. The van der Waals surface area contributed by atoms with Crippen molar-refractivity contribution in [1.29, 1.82) is 0 Å². The maximum absolute atomic E-state index is 13.1. The third-order valence-corrected chi connectivity index (χ3v) is 7.39. The van der Waals surface area contributed by atoms with Crippen molar-refractivity contribution in [3.8, 4) is 11.3 Å². The summed E-state index contributed by atoms with van der Waals surface area (Å²) in [5.74, 6) is 0.303.